The van der Waals surface area contributed by atoms with Gasteiger partial charge in [-0.05, 0) is 24.3 Å². The third-order valence-electron chi connectivity index (χ3n) is 3.25. The molecule has 0 unspecified atom stereocenters. The van der Waals surface area contributed by atoms with Crippen molar-refractivity contribution in [1.29, 1.82) is 0 Å². The van der Waals surface area contributed by atoms with Gasteiger partial charge in [-0.25, -0.2) is 4.98 Å². The number of carbonyl (C=O) groups is 1. The van der Waals surface area contributed by atoms with Crippen molar-refractivity contribution >= 4 is 28.6 Å². The monoisotopic (exact) mass is 300 g/mol. The summed E-state index contributed by atoms with van der Waals surface area (Å²) in [6.07, 6.45) is 0. The molecule has 0 saturated heterocycles. The second-order valence-corrected chi connectivity index (χ2v) is 5.03. The molecule has 3 rings (SSSR count). The Balaban J connectivity index is 2.21. The second kappa shape index (κ2) is 5.58. The lowest BCUT2D eigenvalue weighted by molar-refractivity contribution is -0.141. The van der Waals surface area contributed by atoms with Gasteiger partial charge in [-0.1, -0.05) is 35.9 Å². The Labute approximate surface area is 126 Å². The van der Waals surface area contributed by atoms with Crippen LogP contribution in [0.5, 0.6) is 0 Å². The Kier molecular flexibility index (Phi) is 3.62. The van der Waals surface area contributed by atoms with Crippen molar-refractivity contribution in [3.8, 4) is 11.4 Å². The van der Waals surface area contributed by atoms with E-state index in [1.807, 2.05) is 47.0 Å². The number of para-hydroxylation sites is 2. The minimum Gasteiger partial charge on any atom is -0.468 e. The zero-order chi connectivity index (χ0) is 14.8. The highest BCUT2D eigenvalue weighted by atomic mass is 35.5. The smallest absolute Gasteiger partial charge is 0.325 e. The topological polar surface area (TPSA) is 44.1 Å². The SMILES string of the molecule is COC(=O)Cn1c(-c2cccc(Cl)c2)nc2ccccc21. The first kappa shape index (κ1) is 13.6. The van der Waals surface area contributed by atoms with Gasteiger partial charge in [-0.2, -0.15) is 0 Å². The maximum Gasteiger partial charge on any atom is 0.325 e. The van der Waals surface area contributed by atoms with Gasteiger partial charge < -0.3 is 9.30 Å². The van der Waals surface area contributed by atoms with E-state index in [9.17, 15) is 4.79 Å². The van der Waals surface area contributed by atoms with Crippen LogP contribution < -0.4 is 0 Å². The number of halogens is 1. The first-order valence-corrected chi connectivity index (χ1v) is 6.85. The number of ether oxygens (including phenoxy) is 1. The molecule has 0 saturated carbocycles. The fourth-order valence-corrected chi connectivity index (χ4v) is 2.47. The van der Waals surface area contributed by atoms with Crippen LogP contribution in [-0.4, -0.2) is 22.6 Å². The largest absolute Gasteiger partial charge is 0.468 e. The molecule has 21 heavy (non-hydrogen) atoms. The number of hydrogen-bond acceptors (Lipinski definition) is 3. The number of rotatable bonds is 3. The molecule has 0 N–H and O–H groups in total. The summed E-state index contributed by atoms with van der Waals surface area (Å²) in [5.74, 6) is 0.380. The van der Waals surface area contributed by atoms with Crippen LogP contribution in [0, 0.1) is 0 Å². The number of aromatic nitrogens is 2. The molecule has 0 aliphatic heterocycles. The van der Waals surface area contributed by atoms with Crippen molar-refractivity contribution in [1.82, 2.24) is 9.55 Å². The maximum absolute atomic E-state index is 11.7. The third kappa shape index (κ3) is 2.62. The van der Waals surface area contributed by atoms with E-state index in [4.69, 9.17) is 16.3 Å². The van der Waals surface area contributed by atoms with Crippen molar-refractivity contribution in [3.63, 3.8) is 0 Å². The van der Waals surface area contributed by atoms with E-state index >= 15 is 0 Å². The minimum absolute atomic E-state index is 0.110. The number of methoxy groups -OCH3 is 1. The minimum atomic E-state index is -0.318. The molecule has 0 amide bonds. The first-order valence-electron chi connectivity index (χ1n) is 6.47. The highest BCUT2D eigenvalue weighted by Crippen LogP contribution is 2.26. The summed E-state index contributed by atoms with van der Waals surface area (Å²) in [7, 11) is 1.38. The molecule has 106 valence electrons. The standard InChI is InChI=1S/C16H13ClN2O2/c1-21-15(20)10-19-14-8-3-2-7-13(14)18-16(19)11-5-4-6-12(17)9-11/h2-9H,10H2,1H3. The number of esters is 1. The number of benzene rings is 2. The zero-order valence-corrected chi connectivity index (χ0v) is 12.2. The first-order chi connectivity index (χ1) is 10.2. The lowest BCUT2D eigenvalue weighted by Gasteiger charge is -2.08. The fourth-order valence-electron chi connectivity index (χ4n) is 2.28. The van der Waals surface area contributed by atoms with Gasteiger partial charge in [0.15, 0.2) is 0 Å². The molecule has 0 fully saturated rings. The van der Waals surface area contributed by atoms with Crippen molar-refractivity contribution in [3.05, 3.63) is 53.6 Å². The molecule has 0 aliphatic rings. The Morgan fingerprint density at radius 3 is 2.81 bits per heavy atom. The summed E-state index contributed by atoms with van der Waals surface area (Å²) in [6, 6.07) is 15.1. The highest BCUT2D eigenvalue weighted by Gasteiger charge is 2.15. The van der Waals surface area contributed by atoms with Crippen LogP contribution in [0.25, 0.3) is 22.4 Å². The van der Waals surface area contributed by atoms with Gasteiger partial charge in [-0.3, -0.25) is 4.79 Å². The highest BCUT2D eigenvalue weighted by molar-refractivity contribution is 6.30. The Hall–Kier alpha value is -2.33. The van der Waals surface area contributed by atoms with Gasteiger partial charge in [0, 0.05) is 10.6 Å². The quantitative estimate of drug-likeness (QED) is 0.695. The lowest BCUT2D eigenvalue weighted by Crippen LogP contribution is -2.12. The van der Waals surface area contributed by atoms with Crippen LogP contribution in [0.3, 0.4) is 0 Å². The molecule has 0 spiro atoms. The van der Waals surface area contributed by atoms with E-state index in [1.54, 1.807) is 6.07 Å². The maximum atomic E-state index is 11.7. The fraction of sp³-hybridized carbons (Fsp3) is 0.125. The van der Waals surface area contributed by atoms with E-state index < -0.39 is 0 Å². The summed E-state index contributed by atoms with van der Waals surface area (Å²) >= 11 is 6.05. The van der Waals surface area contributed by atoms with Crippen LogP contribution in [0.4, 0.5) is 0 Å². The van der Waals surface area contributed by atoms with Crippen molar-refractivity contribution in [2.45, 2.75) is 6.54 Å². The number of hydrogen-bond donors (Lipinski definition) is 0. The number of fused-ring (bicyclic) bond motifs is 1. The van der Waals surface area contributed by atoms with E-state index in [1.165, 1.54) is 7.11 Å². The lowest BCUT2D eigenvalue weighted by atomic mass is 10.2. The van der Waals surface area contributed by atoms with Gasteiger partial charge in [0.1, 0.15) is 12.4 Å². The van der Waals surface area contributed by atoms with Gasteiger partial charge in [-0.15, -0.1) is 0 Å². The molecular formula is C16H13ClN2O2. The van der Waals surface area contributed by atoms with Gasteiger partial charge >= 0.3 is 5.97 Å². The molecule has 0 aliphatic carbocycles. The van der Waals surface area contributed by atoms with Gasteiger partial charge in [0.2, 0.25) is 0 Å². The van der Waals surface area contributed by atoms with Gasteiger partial charge in [0.25, 0.3) is 0 Å². The predicted octanol–water partition coefficient (Wildman–Crippen LogP) is 3.53. The van der Waals surface area contributed by atoms with Crippen LogP contribution in [0.2, 0.25) is 5.02 Å². The summed E-state index contributed by atoms with van der Waals surface area (Å²) in [5.41, 5.74) is 2.58. The van der Waals surface area contributed by atoms with Crippen LogP contribution in [0.1, 0.15) is 0 Å². The normalized spacial score (nSPS) is 10.8. The van der Waals surface area contributed by atoms with Crippen LogP contribution in [-0.2, 0) is 16.1 Å². The molecule has 4 nitrogen and oxygen atoms in total. The molecule has 1 heterocycles. The molecule has 1 aromatic heterocycles. The third-order valence-corrected chi connectivity index (χ3v) is 3.49. The van der Waals surface area contributed by atoms with Gasteiger partial charge in [0.05, 0.1) is 18.1 Å². The Morgan fingerprint density at radius 1 is 1.24 bits per heavy atom. The number of imidazole rings is 1. The summed E-state index contributed by atoms with van der Waals surface area (Å²) in [5, 5.41) is 0.629. The molecule has 5 heteroatoms. The average Bonchev–Trinajstić information content (AvgIpc) is 2.86. The predicted molar refractivity (Wildman–Crippen MR) is 82.2 cm³/mol. The van der Waals surface area contributed by atoms with E-state index in [0.717, 1.165) is 16.6 Å². The molecule has 0 atom stereocenters. The number of carbonyl (C=O) groups excluding carboxylic acids is 1. The summed E-state index contributed by atoms with van der Waals surface area (Å²) < 4.78 is 6.61. The van der Waals surface area contributed by atoms with E-state index in [0.29, 0.717) is 10.8 Å². The zero-order valence-electron chi connectivity index (χ0n) is 11.4. The summed E-state index contributed by atoms with van der Waals surface area (Å²) in [4.78, 5) is 16.3. The summed E-state index contributed by atoms with van der Waals surface area (Å²) in [6.45, 7) is 0.110. The molecular weight excluding hydrogens is 288 g/mol. The average molecular weight is 301 g/mol. The van der Waals surface area contributed by atoms with Crippen LogP contribution in [0.15, 0.2) is 48.5 Å². The molecule has 3 aromatic rings. The molecule has 2 aromatic carbocycles. The van der Waals surface area contributed by atoms with Crippen LogP contribution >= 0.6 is 11.6 Å². The van der Waals surface area contributed by atoms with Crippen molar-refractivity contribution in [2.75, 3.05) is 7.11 Å². The van der Waals surface area contributed by atoms with Crippen molar-refractivity contribution < 1.29 is 9.53 Å². The molecule has 0 radical (unpaired) electrons. The Morgan fingerprint density at radius 2 is 2.05 bits per heavy atom. The second-order valence-electron chi connectivity index (χ2n) is 4.60. The number of nitrogens with zero attached hydrogens (tertiary/aromatic N) is 2. The van der Waals surface area contributed by atoms with E-state index in [2.05, 4.69) is 4.98 Å². The van der Waals surface area contributed by atoms with E-state index in [-0.39, 0.29) is 12.5 Å². The van der Waals surface area contributed by atoms with Crippen molar-refractivity contribution in [2.24, 2.45) is 0 Å². The molecule has 0 bridgehead atoms. The Bertz CT molecular complexity index is 811.